The van der Waals surface area contributed by atoms with Gasteiger partial charge < -0.3 is 39.3 Å². The monoisotopic (exact) mass is 1630 g/mol. The molecule has 5 N–H and O–H groups in total. The molecule has 3 aromatic carbocycles. The van der Waals surface area contributed by atoms with Crippen LogP contribution in [-0.4, -0.2) is 158 Å². The second-order valence-electron chi connectivity index (χ2n) is 29.7. The largest absolute Gasteiger partial charge is 0.440 e. The molecule has 0 bridgehead atoms. The minimum atomic E-state index is -1.05. The van der Waals surface area contributed by atoms with Gasteiger partial charge in [-0.25, -0.2) is 70.1 Å². The maximum Gasteiger partial charge on any atom is 0.410 e. The molecular formula is C84H77F6N17O12. The Bertz CT molecular complexity index is 5860. The van der Waals surface area contributed by atoms with Gasteiger partial charge in [0.2, 0.25) is 0 Å². The second-order valence-corrected chi connectivity index (χ2v) is 29.7. The highest BCUT2D eigenvalue weighted by Crippen LogP contribution is 2.44. The van der Waals surface area contributed by atoms with E-state index < -0.39 is 89.2 Å². The van der Waals surface area contributed by atoms with Crippen LogP contribution in [0.15, 0.2) is 189 Å². The average Bonchev–Trinajstić information content (AvgIpc) is 1.75. The first-order chi connectivity index (χ1) is 57.8. The number of hydrogen-bond acceptors (Lipinski definition) is 20. The molecule has 3 amide bonds. The number of nitrogens with one attached hydrogen (secondary N) is 3. The number of piperidine rings is 3. The van der Waals surface area contributed by atoms with E-state index in [1.165, 1.54) is 55.0 Å². The fourth-order valence-corrected chi connectivity index (χ4v) is 17.3. The lowest BCUT2D eigenvalue weighted by molar-refractivity contribution is 0.0466. The SMILES string of the molecule is O=C(O[C@@H]1CC[C@@H](c2cccc(F)c2F)/C(=N/O)c2cccnc21)N1CCC(n2c(=O)[nH]c3ncccc32)CC1.O=C(O[C@@H]1CC[C@@H](c2cccc(F)c2F)/C(=N\O)c2cccnc21)N1CCC(n2c(=O)[nH]c3ncccc32)CC1.O=C1c2cccnc2[C@H](OC(=O)N2CCC(n3c(=O)[nH]c4ncccc43)CC2)CCC1c1cccc(F)c1F. The van der Waals surface area contributed by atoms with E-state index in [-0.39, 0.29) is 113 Å². The van der Waals surface area contributed by atoms with Crippen LogP contribution in [0, 0.1) is 34.9 Å². The van der Waals surface area contributed by atoms with Crippen molar-refractivity contribution in [3.05, 3.63) is 281 Å². The molecule has 3 saturated heterocycles. The van der Waals surface area contributed by atoms with Crippen molar-refractivity contribution in [2.24, 2.45) is 10.3 Å². The number of pyridine rings is 6. The number of ether oxygens (including phenoxy) is 3. The molecule has 0 saturated carbocycles. The number of imidazole rings is 3. The number of carbonyl (C=O) groups is 4. The standard InChI is InChI=1S/2C28H26F2N6O4.C28H25F2N5O4/c2*29-20-6-1-4-17(23(20)30)18-8-9-22(25-19(24(18)34-39)5-2-12-31-25)40-28(38)35-14-10-16(11-15-35)36-21-7-3-13-32-26(21)33-27(36)37;29-20-6-1-4-17(23(20)30)18-8-9-22(24-19(25(18)36)5-2-12-31-24)39-28(38)34-14-10-16(11-15-34)35-21-7-3-13-32-26(21)33-27(35)37/h2*1-7,12-13,16,18,22,39H,8-11,14-15H2,(H,32,33,37);1-7,12-13,16,18,22H,8-11,14-15H2,(H,32,33,37)/b34-24+;34-24-;/t2*18-,22+;18?,22-/m001/s1. The van der Waals surface area contributed by atoms with E-state index in [1.54, 1.807) is 102 Å². The number of fused-ring (bicyclic) bond motifs is 6. The molecule has 6 aliphatic rings. The van der Waals surface area contributed by atoms with E-state index in [1.807, 2.05) is 18.2 Å². The van der Waals surface area contributed by atoms with Gasteiger partial charge >= 0.3 is 35.3 Å². The third-order valence-corrected chi connectivity index (χ3v) is 23.1. The van der Waals surface area contributed by atoms with Gasteiger partial charge in [-0.15, -0.1) is 0 Å². The molecule has 18 rings (SSSR count). The van der Waals surface area contributed by atoms with Crippen molar-refractivity contribution in [2.45, 2.75) is 131 Å². The fraction of sp³-hybridized carbons (Fsp3) is 0.321. The maximum atomic E-state index is 14.8. The normalized spacial score (nSPS) is 20.6. The molecule has 612 valence electrons. The number of H-pyrrole nitrogens is 3. The lowest BCUT2D eigenvalue weighted by Gasteiger charge is -2.32. The number of aromatic amines is 3. The number of oxime groups is 2. The Morgan fingerprint density at radius 2 is 0.639 bits per heavy atom. The molecule has 12 heterocycles. The molecule has 3 fully saturated rings. The molecule has 29 nitrogen and oxygen atoms in total. The van der Waals surface area contributed by atoms with Crippen molar-refractivity contribution in [1.29, 1.82) is 0 Å². The first-order valence-electron chi connectivity index (χ1n) is 39.0. The van der Waals surface area contributed by atoms with Gasteiger partial charge in [0.25, 0.3) is 0 Å². The van der Waals surface area contributed by atoms with Crippen LogP contribution in [0.4, 0.5) is 40.7 Å². The van der Waals surface area contributed by atoms with Crippen LogP contribution < -0.4 is 17.1 Å². The van der Waals surface area contributed by atoms with Gasteiger partial charge in [0.15, 0.2) is 57.6 Å². The summed E-state index contributed by atoms with van der Waals surface area (Å²) in [7, 11) is 0. The van der Waals surface area contributed by atoms with Crippen molar-refractivity contribution in [1.82, 2.24) is 73.3 Å². The lowest BCUT2D eigenvalue weighted by atomic mass is 9.88. The Balaban J connectivity index is 0.000000133. The Labute approximate surface area is 671 Å². The van der Waals surface area contributed by atoms with E-state index in [2.05, 4.69) is 55.2 Å². The van der Waals surface area contributed by atoms with Crippen LogP contribution in [0.3, 0.4) is 0 Å². The van der Waals surface area contributed by atoms with E-state index in [9.17, 15) is 70.3 Å². The van der Waals surface area contributed by atoms with E-state index in [0.717, 1.165) is 34.7 Å². The Morgan fingerprint density at radius 1 is 0.353 bits per heavy atom. The Hall–Kier alpha value is -13.6. The molecule has 9 aromatic heterocycles. The zero-order valence-electron chi connectivity index (χ0n) is 63.5. The van der Waals surface area contributed by atoms with Gasteiger partial charge in [-0.05, 0) is 168 Å². The predicted octanol–water partition coefficient (Wildman–Crippen LogP) is 14.0. The highest BCUT2D eigenvalue weighted by molar-refractivity contribution is 6.07. The Kier molecular flexibility index (Phi) is 22.8. The number of aromatic nitrogens is 12. The minimum absolute atomic E-state index is 0.0217. The average molecular weight is 1630 g/mol. The number of ketones is 1. The first-order valence-corrected chi connectivity index (χ1v) is 39.0. The molecule has 119 heavy (non-hydrogen) atoms. The van der Waals surface area contributed by atoms with Gasteiger partial charge in [-0.2, -0.15) is 0 Å². The third kappa shape index (κ3) is 15.8. The minimum Gasteiger partial charge on any atom is -0.440 e. The number of nitrogens with zero attached hydrogens (tertiary/aromatic N) is 14. The molecule has 0 radical (unpaired) electrons. The van der Waals surface area contributed by atoms with Crippen molar-refractivity contribution in [2.75, 3.05) is 39.3 Å². The van der Waals surface area contributed by atoms with Crippen molar-refractivity contribution < 1.29 is 70.1 Å². The summed E-state index contributed by atoms with van der Waals surface area (Å²) in [5.74, 6) is -8.94. The summed E-state index contributed by atoms with van der Waals surface area (Å²) in [6.45, 7) is 2.27. The smallest absolute Gasteiger partial charge is 0.410 e. The molecule has 3 aliphatic heterocycles. The number of likely N-dealkylation sites (tertiary alicyclic amines) is 3. The summed E-state index contributed by atoms with van der Waals surface area (Å²) in [6.07, 6.45) is 10.1. The highest BCUT2D eigenvalue weighted by Gasteiger charge is 2.42. The number of hydrogen-bond donors (Lipinski definition) is 5. The molecule has 12 aromatic rings. The van der Waals surface area contributed by atoms with Gasteiger partial charge in [0, 0.05) is 140 Å². The number of benzene rings is 3. The van der Waals surface area contributed by atoms with Crippen molar-refractivity contribution in [3.63, 3.8) is 0 Å². The molecular weight excluding hydrogens is 1550 g/mol. The van der Waals surface area contributed by atoms with Gasteiger partial charge in [-0.3, -0.25) is 48.4 Å². The van der Waals surface area contributed by atoms with E-state index in [4.69, 9.17) is 14.2 Å². The van der Waals surface area contributed by atoms with Crippen LogP contribution in [-0.2, 0) is 14.2 Å². The van der Waals surface area contributed by atoms with E-state index >= 15 is 0 Å². The molecule has 6 atom stereocenters. The number of Topliss-reactive ketones (excluding diaryl/α,β-unsaturated/α-hetero) is 1. The topological polar surface area (TPSA) is 362 Å². The van der Waals surface area contributed by atoms with Crippen LogP contribution in [0.25, 0.3) is 33.5 Å². The van der Waals surface area contributed by atoms with Gasteiger partial charge in [-0.1, -0.05) is 46.7 Å². The predicted molar refractivity (Wildman–Crippen MR) is 417 cm³/mol. The number of halogens is 6. The summed E-state index contributed by atoms with van der Waals surface area (Å²) >= 11 is 0. The van der Waals surface area contributed by atoms with E-state index in [0.29, 0.717) is 123 Å². The maximum absolute atomic E-state index is 14.8. The van der Waals surface area contributed by atoms with Crippen LogP contribution in [0.1, 0.15) is 186 Å². The van der Waals surface area contributed by atoms with Crippen LogP contribution >= 0.6 is 0 Å². The number of rotatable bonds is 9. The molecule has 1 unspecified atom stereocenters. The lowest BCUT2D eigenvalue weighted by Crippen LogP contribution is -2.41. The van der Waals surface area contributed by atoms with Crippen molar-refractivity contribution >= 4 is 69.0 Å². The third-order valence-electron chi connectivity index (χ3n) is 23.1. The number of amides is 3. The summed E-state index contributed by atoms with van der Waals surface area (Å²) < 4.78 is 109. The van der Waals surface area contributed by atoms with Crippen LogP contribution in [0.2, 0.25) is 0 Å². The zero-order valence-corrected chi connectivity index (χ0v) is 63.5. The first kappa shape index (κ1) is 79.2. The molecule has 35 heteroatoms. The van der Waals surface area contributed by atoms with Crippen LogP contribution in [0.5, 0.6) is 0 Å². The summed E-state index contributed by atoms with van der Waals surface area (Å²) in [4.78, 5) is 130. The second kappa shape index (κ2) is 34.3. The summed E-state index contributed by atoms with van der Waals surface area (Å²) in [6, 6.07) is 31.9. The highest BCUT2D eigenvalue weighted by atomic mass is 19.2. The fourth-order valence-electron chi connectivity index (χ4n) is 17.3. The zero-order chi connectivity index (χ0) is 82.7. The van der Waals surface area contributed by atoms with Gasteiger partial charge in [0.05, 0.1) is 51.0 Å². The molecule has 0 spiro atoms. The van der Waals surface area contributed by atoms with Crippen molar-refractivity contribution in [3.8, 4) is 0 Å². The molecule has 3 aliphatic carbocycles. The summed E-state index contributed by atoms with van der Waals surface area (Å²) in [5.41, 5.74) is 5.49. The Morgan fingerprint density at radius 3 is 0.966 bits per heavy atom. The van der Waals surface area contributed by atoms with Gasteiger partial charge in [0.1, 0.15) is 18.3 Å². The quantitative estimate of drug-likeness (QED) is 0.0295. The summed E-state index contributed by atoms with van der Waals surface area (Å²) in [5, 5.41) is 26.7. The number of carbonyl (C=O) groups excluding carboxylic acids is 4.